The molecule has 1 aromatic heterocycles. The van der Waals surface area contributed by atoms with Crippen molar-refractivity contribution in [2.75, 3.05) is 45.3 Å². The molecule has 2 aliphatic heterocycles. The van der Waals surface area contributed by atoms with Crippen molar-refractivity contribution < 1.29 is 14.6 Å². The summed E-state index contributed by atoms with van der Waals surface area (Å²) in [5.41, 5.74) is 0.118. The van der Waals surface area contributed by atoms with E-state index in [0.717, 1.165) is 24.5 Å². The Labute approximate surface area is 165 Å². The predicted molar refractivity (Wildman–Crippen MR) is 107 cm³/mol. The lowest BCUT2D eigenvalue weighted by Crippen LogP contribution is -2.60. The van der Waals surface area contributed by atoms with Crippen molar-refractivity contribution in [1.29, 1.82) is 0 Å². The van der Waals surface area contributed by atoms with Crippen molar-refractivity contribution in [2.24, 2.45) is 0 Å². The summed E-state index contributed by atoms with van der Waals surface area (Å²) >= 11 is 0. The number of hydrogen-bond acceptors (Lipinski definition) is 7. The van der Waals surface area contributed by atoms with Crippen LogP contribution in [0.5, 0.6) is 11.9 Å². The largest absolute Gasteiger partial charge is 0.481 e. The van der Waals surface area contributed by atoms with Crippen LogP contribution < -0.4 is 14.4 Å². The second-order valence-electron chi connectivity index (χ2n) is 7.50. The highest BCUT2D eigenvalue weighted by Gasteiger charge is 2.46. The Kier molecular flexibility index (Phi) is 5.37. The number of nitrogens with zero attached hydrogens (tertiary/aromatic N) is 4. The van der Waals surface area contributed by atoms with Gasteiger partial charge in [-0.3, -0.25) is 4.90 Å². The second kappa shape index (κ2) is 7.93. The zero-order valence-electron chi connectivity index (χ0n) is 16.5. The standard InChI is InChI=1S/C21H28N4O3/c1-27-19-14-18(22-20(23-19)28-2)25-13-10-21(26,16-8-4-3-5-9-16)17(15-25)24-11-6-7-12-24/h3-5,8-9,14,17,26H,6-7,10-13,15H2,1-2H3/t17-,21+/m1/s1. The highest BCUT2D eigenvalue weighted by atomic mass is 16.5. The fourth-order valence-corrected chi connectivity index (χ4v) is 4.42. The highest BCUT2D eigenvalue weighted by Crippen LogP contribution is 2.38. The maximum absolute atomic E-state index is 11.8. The molecule has 0 radical (unpaired) electrons. The van der Waals surface area contributed by atoms with Gasteiger partial charge in [0, 0.05) is 19.2 Å². The van der Waals surface area contributed by atoms with Gasteiger partial charge in [0.15, 0.2) is 0 Å². The molecule has 1 N–H and O–H groups in total. The second-order valence-corrected chi connectivity index (χ2v) is 7.50. The van der Waals surface area contributed by atoms with Crippen molar-refractivity contribution >= 4 is 5.82 Å². The molecule has 0 amide bonds. The Balaban J connectivity index is 1.66. The van der Waals surface area contributed by atoms with Gasteiger partial charge in [0.1, 0.15) is 11.4 Å². The molecule has 2 fully saturated rings. The minimum atomic E-state index is -0.872. The number of aliphatic hydroxyl groups is 1. The van der Waals surface area contributed by atoms with Crippen LogP contribution in [0.25, 0.3) is 0 Å². The molecule has 7 nitrogen and oxygen atoms in total. The van der Waals surface area contributed by atoms with Crippen LogP contribution in [0.15, 0.2) is 36.4 Å². The van der Waals surface area contributed by atoms with Crippen LogP contribution in [-0.4, -0.2) is 66.4 Å². The first-order valence-corrected chi connectivity index (χ1v) is 9.88. The predicted octanol–water partition coefficient (Wildman–Crippen LogP) is 2.06. The van der Waals surface area contributed by atoms with Gasteiger partial charge in [0.05, 0.1) is 20.3 Å². The summed E-state index contributed by atoms with van der Waals surface area (Å²) in [5, 5.41) is 11.8. The average Bonchev–Trinajstić information content (AvgIpc) is 3.28. The van der Waals surface area contributed by atoms with Gasteiger partial charge in [-0.15, -0.1) is 0 Å². The van der Waals surface area contributed by atoms with E-state index in [-0.39, 0.29) is 12.1 Å². The van der Waals surface area contributed by atoms with Crippen LogP contribution in [0.1, 0.15) is 24.8 Å². The third kappa shape index (κ3) is 3.52. The number of anilines is 1. The Morgan fingerprint density at radius 3 is 2.46 bits per heavy atom. The first-order valence-electron chi connectivity index (χ1n) is 9.88. The molecule has 7 heteroatoms. The van der Waals surface area contributed by atoms with E-state index in [1.54, 1.807) is 14.2 Å². The molecule has 2 aromatic rings. The quantitative estimate of drug-likeness (QED) is 0.846. The molecule has 3 heterocycles. The van der Waals surface area contributed by atoms with Gasteiger partial charge in [0.25, 0.3) is 0 Å². The van der Waals surface area contributed by atoms with Gasteiger partial charge in [-0.1, -0.05) is 30.3 Å². The molecule has 150 valence electrons. The number of ether oxygens (including phenoxy) is 2. The SMILES string of the molecule is COc1cc(N2CC[C@](O)(c3ccccc3)[C@H](N3CCCC3)C2)nc(OC)n1. The van der Waals surface area contributed by atoms with E-state index < -0.39 is 5.60 Å². The third-order valence-electron chi connectivity index (χ3n) is 5.95. The van der Waals surface area contributed by atoms with Gasteiger partial charge in [0.2, 0.25) is 5.88 Å². The first-order chi connectivity index (χ1) is 13.6. The van der Waals surface area contributed by atoms with E-state index >= 15 is 0 Å². The number of benzene rings is 1. The Hall–Kier alpha value is -2.38. The number of hydrogen-bond donors (Lipinski definition) is 1. The molecular formula is C21H28N4O3. The topological polar surface area (TPSA) is 71.0 Å². The van der Waals surface area contributed by atoms with Crippen LogP contribution in [0.4, 0.5) is 5.82 Å². The molecule has 2 saturated heterocycles. The van der Waals surface area contributed by atoms with Crippen LogP contribution in [0.3, 0.4) is 0 Å². The van der Waals surface area contributed by atoms with Crippen LogP contribution >= 0.6 is 0 Å². The summed E-state index contributed by atoms with van der Waals surface area (Å²) < 4.78 is 10.5. The van der Waals surface area contributed by atoms with Crippen LogP contribution in [0, 0.1) is 0 Å². The number of piperidine rings is 1. The first kappa shape index (κ1) is 19.0. The number of rotatable bonds is 5. The van der Waals surface area contributed by atoms with E-state index in [1.807, 2.05) is 36.4 Å². The molecular weight excluding hydrogens is 356 g/mol. The fourth-order valence-electron chi connectivity index (χ4n) is 4.42. The van der Waals surface area contributed by atoms with E-state index in [9.17, 15) is 5.11 Å². The maximum Gasteiger partial charge on any atom is 0.321 e. The van der Waals surface area contributed by atoms with E-state index in [2.05, 4.69) is 19.8 Å². The van der Waals surface area contributed by atoms with Crippen LogP contribution in [0.2, 0.25) is 0 Å². The molecule has 28 heavy (non-hydrogen) atoms. The molecule has 0 saturated carbocycles. The minimum Gasteiger partial charge on any atom is -0.481 e. The van der Waals surface area contributed by atoms with Crippen LogP contribution in [-0.2, 0) is 5.60 Å². The van der Waals surface area contributed by atoms with Gasteiger partial charge >= 0.3 is 6.01 Å². The van der Waals surface area contributed by atoms with Crippen molar-refractivity contribution in [1.82, 2.24) is 14.9 Å². The summed E-state index contributed by atoms with van der Waals surface area (Å²) in [5.74, 6) is 1.24. The number of likely N-dealkylation sites (tertiary alicyclic amines) is 1. The lowest BCUT2D eigenvalue weighted by Gasteiger charge is -2.48. The van der Waals surface area contributed by atoms with E-state index in [4.69, 9.17) is 9.47 Å². The zero-order chi connectivity index (χ0) is 19.6. The fraction of sp³-hybridized carbons (Fsp3) is 0.524. The smallest absolute Gasteiger partial charge is 0.321 e. The van der Waals surface area contributed by atoms with Crippen molar-refractivity contribution in [2.45, 2.75) is 30.9 Å². The summed E-state index contributed by atoms with van der Waals surface area (Å²) in [6.07, 6.45) is 2.99. The van der Waals surface area contributed by atoms with Gasteiger partial charge in [-0.25, -0.2) is 0 Å². The molecule has 1 aromatic carbocycles. The number of methoxy groups -OCH3 is 2. The molecule has 4 rings (SSSR count). The van der Waals surface area contributed by atoms with Crippen molar-refractivity contribution in [3.8, 4) is 11.9 Å². The third-order valence-corrected chi connectivity index (χ3v) is 5.95. The normalized spacial score (nSPS) is 25.7. The summed E-state index contributed by atoms with van der Waals surface area (Å²) in [6.45, 7) is 3.42. The van der Waals surface area contributed by atoms with Crippen molar-refractivity contribution in [3.63, 3.8) is 0 Å². The monoisotopic (exact) mass is 384 g/mol. The van der Waals surface area contributed by atoms with E-state index in [1.165, 1.54) is 12.8 Å². The van der Waals surface area contributed by atoms with Gasteiger partial charge in [-0.2, -0.15) is 9.97 Å². The Bertz CT molecular complexity index is 775. The van der Waals surface area contributed by atoms with Crippen molar-refractivity contribution in [3.05, 3.63) is 42.0 Å². The molecule has 2 atom stereocenters. The highest BCUT2D eigenvalue weighted by molar-refractivity contribution is 5.45. The Morgan fingerprint density at radius 1 is 1.04 bits per heavy atom. The average molecular weight is 384 g/mol. The summed E-state index contributed by atoms with van der Waals surface area (Å²) in [6, 6.07) is 12.2. The lowest BCUT2D eigenvalue weighted by atomic mass is 9.79. The molecule has 0 unspecified atom stereocenters. The van der Waals surface area contributed by atoms with Gasteiger partial charge in [-0.05, 0) is 37.9 Å². The molecule has 0 spiro atoms. The number of aromatic nitrogens is 2. The lowest BCUT2D eigenvalue weighted by molar-refractivity contribution is -0.0603. The van der Waals surface area contributed by atoms with Gasteiger partial charge < -0.3 is 19.5 Å². The minimum absolute atomic E-state index is 0.00175. The summed E-state index contributed by atoms with van der Waals surface area (Å²) in [4.78, 5) is 13.3. The Morgan fingerprint density at radius 2 is 1.79 bits per heavy atom. The molecule has 2 aliphatic rings. The molecule has 0 bridgehead atoms. The molecule has 0 aliphatic carbocycles. The van der Waals surface area contributed by atoms with E-state index in [0.29, 0.717) is 25.4 Å². The maximum atomic E-state index is 11.8. The summed E-state index contributed by atoms with van der Waals surface area (Å²) in [7, 11) is 3.14. The zero-order valence-corrected chi connectivity index (χ0v) is 16.5.